The van der Waals surface area contributed by atoms with E-state index in [0.717, 1.165) is 18.6 Å². The van der Waals surface area contributed by atoms with E-state index in [2.05, 4.69) is 27.6 Å². The molecule has 1 heterocycles. The van der Waals surface area contributed by atoms with Gasteiger partial charge < -0.3 is 19.9 Å². The van der Waals surface area contributed by atoms with E-state index in [1.165, 1.54) is 6.92 Å². The van der Waals surface area contributed by atoms with Crippen LogP contribution in [0.2, 0.25) is 0 Å². The van der Waals surface area contributed by atoms with Crippen LogP contribution in [0.5, 0.6) is 5.75 Å². The Morgan fingerprint density at radius 1 is 1.31 bits per heavy atom. The van der Waals surface area contributed by atoms with Crippen LogP contribution in [0.25, 0.3) is 0 Å². The van der Waals surface area contributed by atoms with Crippen LogP contribution in [-0.4, -0.2) is 30.1 Å². The van der Waals surface area contributed by atoms with Gasteiger partial charge in [0.15, 0.2) is 5.69 Å². The summed E-state index contributed by atoms with van der Waals surface area (Å²) in [5.74, 6) is 6.97. The van der Waals surface area contributed by atoms with Gasteiger partial charge in [0.1, 0.15) is 18.1 Å². The lowest BCUT2D eigenvalue weighted by atomic mass is 10.3. The molecule has 26 heavy (non-hydrogen) atoms. The molecule has 1 aliphatic rings. The molecule has 0 spiro atoms. The van der Waals surface area contributed by atoms with E-state index in [9.17, 15) is 9.59 Å². The van der Waals surface area contributed by atoms with Crippen molar-refractivity contribution >= 4 is 17.5 Å². The number of nitrogens with zero attached hydrogens (tertiary/aromatic N) is 1. The van der Waals surface area contributed by atoms with Gasteiger partial charge in [-0.25, -0.2) is 0 Å². The minimum atomic E-state index is -0.307. The number of anilines is 1. The lowest BCUT2D eigenvalue weighted by Gasteiger charge is -2.05. The predicted octanol–water partition coefficient (Wildman–Crippen LogP) is 2.32. The van der Waals surface area contributed by atoms with Gasteiger partial charge >= 0.3 is 0 Å². The fourth-order valence-corrected chi connectivity index (χ4v) is 2.27. The van der Waals surface area contributed by atoms with Gasteiger partial charge in [0.2, 0.25) is 5.91 Å². The molecule has 2 N–H and O–H groups in total. The lowest BCUT2D eigenvalue weighted by Crippen LogP contribution is -2.23. The smallest absolute Gasteiger partial charge is 0.274 e. The van der Waals surface area contributed by atoms with Crippen molar-refractivity contribution in [2.75, 3.05) is 18.5 Å². The standard InChI is InChI=1S/C19H19N3O4/c1-13(23)21-15-5-4-6-16(11-15)25-10-3-2-9-20-19(24)17-12-18(26-22-17)14-7-8-14/h4-6,11-12,14H,7-10H2,1H3,(H,20,24)(H,21,23). The first-order chi connectivity index (χ1) is 12.6. The van der Waals surface area contributed by atoms with E-state index in [0.29, 0.717) is 17.4 Å². The number of amides is 2. The first-order valence-electron chi connectivity index (χ1n) is 8.33. The molecule has 1 fully saturated rings. The average Bonchev–Trinajstić information content (AvgIpc) is 3.34. The van der Waals surface area contributed by atoms with Crippen LogP contribution >= 0.6 is 0 Å². The summed E-state index contributed by atoms with van der Waals surface area (Å²) >= 11 is 0. The van der Waals surface area contributed by atoms with E-state index in [1.807, 2.05) is 0 Å². The fraction of sp³-hybridized carbons (Fsp3) is 0.316. The van der Waals surface area contributed by atoms with Crippen LogP contribution in [0.15, 0.2) is 34.9 Å². The number of benzene rings is 1. The lowest BCUT2D eigenvalue weighted by molar-refractivity contribution is -0.114. The second-order valence-electron chi connectivity index (χ2n) is 5.92. The number of rotatable bonds is 6. The Kier molecular flexibility index (Phi) is 5.54. The Bertz CT molecular complexity index is 859. The van der Waals surface area contributed by atoms with Gasteiger partial charge in [0, 0.05) is 30.7 Å². The Morgan fingerprint density at radius 3 is 2.92 bits per heavy atom. The monoisotopic (exact) mass is 353 g/mol. The highest BCUT2D eigenvalue weighted by atomic mass is 16.5. The minimum Gasteiger partial charge on any atom is -0.481 e. The molecular formula is C19H19N3O4. The largest absolute Gasteiger partial charge is 0.481 e. The van der Waals surface area contributed by atoms with Crippen molar-refractivity contribution in [1.82, 2.24) is 10.5 Å². The van der Waals surface area contributed by atoms with Gasteiger partial charge in [-0.05, 0) is 25.0 Å². The second-order valence-corrected chi connectivity index (χ2v) is 5.92. The molecule has 1 saturated carbocycles. The SMILES string of the molecule is CC(=O)Nc1cccc(OCC#CCNC(=O)c2cc(C3CC3)on2)c1. The van der Waals surface area contributed by atoms with Crippen LogP contribution in [0, 0.1) is 11.8 Å². The fourth-order valence-electron chi connectivity index (χ4n) is 2.27. The van der Waals surface area contributed by atoms with Gasteiger partial charge in [-0.1, -0.05) is 23.1 Å². The molecule has 0 aliphatic heterocycles. The van der Waals surface area contributed by atoms with E-state index in [1.54, 1.807) is 30.3 Å². The van der Waals surface area contributed by atoms with Crippen molar-refractivity contribution in [1.29, 1.82) is 0 Å². The van der Waals surface area contributed by atoms with Gasteiger partial charge in [-0.2, -0.15) is 0 Å². The number of carbonyl (C=O) groups is 2. The van der Waals surface area contributed by atoms with Crippen molar-refractivity contribution in [3.63, 3.8) is 0 Å². The van der Waals surface area contributed by atoms with Gasteiger partial charge in [-0.3, -0.25) is 9.59 Å². The van der Waals surface area contributed by atoms with Gasteiger partial charge in [-0.15, -0.1) is 0 Å². The zero-order valence-corrected chi connectivity index (χ0v) is 14.4. The van der Waals surface area contributed by atoms with Crippen LogP contribution in [-0.2, 0) is 4.79 Å². The maximum Gasteiger partial charge on any atom is 0.274 e. The molecule has 2 amide bonds. The summed E-state index contributed by atoms with van der Waals surface area (Å²) in [5.41, 5.74) is 0.938. The number of aromatic nitrogens is 1. The van der Waals surface area contributed by atoms with E-state index >= 15 is 0 Å². The van der Waals surface area contributed by atoms with Crippen LogP contribution in [0.1, 0.15) is 41.9 Å². The second kappa shape index (κ2) is 8.21. The summed E-state index contributed by atoms with van der Waals surface area (Å²) in [6, 6.07) is 8.73. The maximum atomic E-state index is 11.9. The molecule has 1 aliphatic carbocycles. The molecule has 0 radical (unpaired) electrons. The Morgan fingerprint density at radius 2 is 2.15 bits per heavy atom. The maximum absolute atomic E-state index is 11.9. The summed E-state index contributed by atoms with van der Waals surface area (Å²) in [7, 11) is 0. The molecule has 134 valence electrons. The molecule has 0 saturated heterocycles. The zero-order valence-electron chi connectivity index (χ0n) is 14.4. The molecule has 0 unspecified atom stereocenters. The minimum absolute atomic E-state index is 0.144. The summed E-state index contributed by atoms with van der Waals surface area (Å²) < 4.78 is 10.6. The normalized spacial score (nSPS) is 12.7. The molecule has 1 aromatic carbocycles. The zero-order chi connectivity index (χ0) is 18.4. The van der Waals surface area contributed by atoms with Crippen molar-refractivity contribution in [2.45, 2.75) is 25.7 Å². The molecule has 0 atom stereocenters. The van der Waals surface area contributed by atoms with Crippen LogP contribution in [0.3, 0.4) is 0 Å². The highest BCUT2D eigenvalue weighted by Gasteiger charge is 2.28. The summed E-state index contributed by atoms with van der Waals surface area (Å²) in [6.07, 6.45) is 2.19. The number of ether oxygens (including phenoxy) is 1. The predicted molar refractivity (Wildman–Crippen MR) is 94.8 cm³/mol. The highest BCUT2D eigenvalue weighted by molar-refractivity contribution is 5.92. The molecule has 0 bridgehead atoms. The third-order valence-corrected chi connectivity index (χ3v) is 3.67. The van der Waals surface area contributed by atoms with Gasteiger partial charge in [0.05, 0.1) is 6.54 Å². The molecule has 7 nitrogen and oxygen atoms in total. The van der Waals surface area contributed by atoms with Crippen molar-refractivity contribution < 1.29 is 18.8 Å². The Balaban J connectivity index is 1.40. The molecule has 1 aromatic heterocycles. The van der Waals surface area contributed by atoms with Gasteiger partial charge in [0.25, 0.3) is 5.91 Å². The Labute approximate surface area is 151 Å². The Hall–Kier alpha value is -3.27. The van der Waals surface area contributed by atoms with Crippen molar-refractivity contribution in [2.24, 2.45) is 0 Å². The topological polar surface area (TPSA) is 93.5 Å². The number of nitrogens with one attached hydrogen (secondary N) is 2. The molecule has 7 heteroatoms. The third kappa shape index (κ3) is 5.11. The first-order valence-corrected chi connectivity index (χ1v) is 8.33. The van der Waals surface area contributed by atoms with E-state index < -0.39 is 0 Å². The number of hydrogen-bond donors (Lipinski definition) is 2. The number of hydrogen-bond acceptors (Lipinski definition) is 5. The first kappa shape index (κ1) is 17.5. The molecule has 2 aromatic rings. The third-order valence-electron chi connectivity index (χ3n) is 3.67. The van der Waals surface area contributed by atoms with Crippen LogP contribution < -0.4 is 15.4 Å². The van der Waals surface area contributed by atoms with E-state index in [4.69, 9.17) is 9.26 Å². The highest BCUT2D eigenvalue weighted by Crippen LogP contribution is 2.40. The quantitative estimate of drug-likeness (QED) is 0.778. The van der Waals surface area contributed by atoms with E-state index in [-0.39, 0.29) is 30.7 Å². The number of carbonyl (C=O) groups excluding carboxylic acids is 2. The van der Waals surface area contributed by atoms with Crippen molar-refractivity contribution in [3.8, 4) is 17.6 Å². The van der Waals surface area contributed by atoms with Crippen molar-refractivity contribution in [3.05, 3.63) is 41.8 Å². The summed E-state index contributed by atoms with van der Waals surface area (Å²) in [4.78, 5) is 22.9. The average molecular weight is 353 g/mol. The van der Waals surface area contributed by atoms with Crippen LogP contribution in [0.4, 0.5) is 5.69 Å². The molecule has 3 rings (SSSR count). The summed E-state index contributed by atoms with van der Waals surface area (Å²) in [6.45, 7) is 1.81. The molecular weight excluding hydrogens is 334 g/mol. The summed E-state index contributed by atoms with van der Waals surface area (Å²) in [5, 5.41) is 9.11.